The molecule has 33 heavy (non-hydrogen) atoms. The fourth-order valence-electron chi connectivity index (χ4n) is 4.98. The molecule has 2 heterocycles. The first-order chi connectivity index (χ1) is 16.2. The molecule has 5 rings (SSSR count). The molecular weight excluding hydrogens is 414 g/mol. The normalized spacial score (nSPS) is 19.1. The molecule has 1 fully saturated rings. The Labute approximate surface area is 194 Å². The molecule has 0 spiro atoms. The number of fused-ring (bicyclic) bond motifs is 1. The third-order valence-corrected chi connectivity index (χ3v) is 6.85. The average molecular weight is 444 g/mol. The topological polar surface area (TPSA) is 67.8 Å². The van der Waals surface area contributed by atoms with Crippen LogP contribution in [-0.4, -0.2) is 30.8 Å². The van der Waals surface area contributed by atoms with E-state index in [1.165, 1.54) is 11.1 Å². The van der Waals surface area contributed by atoms with Crippen molar-refractivity contribution in [2.75, 3.05) is 19.7 Å². The van der Waals surface area contributed by atoms with Gasteiger partial charge in [-0.2, -0.15) is 0 Å². The van der Waals surface area contributed by atoms with E-state index in [1.807, 2.05) is 36.4 Å². The van der Waals surface area contributed by atoms with Crippen molar-refractivity contribution in [3.8, 4) is 11.5 Å². The lowest BCUT2D eigenvalue weighted by Gasteiger charge is -2.31. The summed E-state index contributed by atoms with van der Waals surface area (Å²) in [7, 11) is 0. The quantitative estimate of drug-likeness (QED) is 0.547. The summed E-state index contributed by atoms with van der Waals surface area (Å²) in [5.74, 6) is 1.64. The molecule has 0 aromatic heterocycles. The molecule has 0 amide bonds. The van der Waals surface area contributed by atoms with E-state index in [2.05, 4.69) is 29.6 Å². The average Bonchev–Trinajstić information content (AvgIpc) is 2.88. The summed E-state index contributed by atoms with van der Waals surface area (Å²) < 4.78 is 12.0. The summed E-state index contributed by atoms with van der Waals surface area (Å²) in [5.41, 5.74) is 3.94. The lowest BCUT2D eigenvalue weighted by Crippen LogP contribution is -2.31. The predicted octanol–water partition coefficient (Wildman–Crippen LogP) is 5.22. The van der Waals surface area contributed by atoms with Crippen molar-refractivity contribution in [1.82, 2.24) is 5.32 Å². The maximum atomic E-state index is 11.3. The van der Waals surface area contributed by atoms with Crippen molar-refractivity contribution in [1.29, 1.82) is 0 Å². The second-order valence-electron chi connectivity index (χ2n) is 8.93. The monoisotopic (exact) mass is 443 g/mol. The summed E-state index contributed by atoms with van der Waals surface area (Å²) in [6, 6.07) is 23.9. The number of aromatic carboxylic acids is 1. The van der Waals surface area contributed by atoms with Crippen molar-refractivity contribution in [2.24, 2.45) is 5.92 Å². The van der Waals surface area contributed by atoms with Gasteiger partial charge in [-0.15, -0.1) is 0 Å². The minimum Gasteiger partial charge on any atom is -0.485 e. The van der Waals surface area contributed by atoms with Crippen LogP contribution in [0.25, 0.3) is 0 Å². The maximum Gasteiger partial charge on any atom is 0.335 e. The Bertz CT molecular complexity index is 1090. The van der Waals surface area contributed by atoms with Gasteiger partial charge in [0.1, 0.15) is 6.61 Å². The van der Waals surface area contributed by atoms with Crippen molar-refractivity contribution >= 4 is 5.97 Å². The highest BCUT2D eigenvalue weighted by atomic mass is 16.6. The van der Waals surface area contributed by atoms with E-state index < -0.39 is 5.97 Å². The third kappa shape index (κ3) is 4.88. The lowest BCUT2D eigenvalue weighted by molar-refractivity contribution is 0.0697. The van der Waals surface area contributed by atoms with E-state index in [4.69, 9.17) is 9.47 Å². The summed E-state index contributed by atoms with van der Waals surface area (Å²) in [4.78, 5) is 11.3. The SMILES string of the molecule is O=C(O)c1ccc(C(Cc2ccc(C3COc4ccccc4O3)cc2)C2CCNCC2)cc1. The molecule has 2 atom stereocenters. The molecule has 3 aromatic carbocycles. The number of carboxylic acids is 1. The standard InChI is InChI=1S/C28H29NO4/c30-28(31)23-11-9-20(10-12-23)24(21-13-15-29-16-14-21)17-19-5-7-22(8-6-19)27-18-32-25-3-1-2-4-26(25)33-27/h1-12,21,24,27,29H,13-18H2,(H,30,31). The molecule has 2 aliphatic heterocycles. The molecule has 0 aliphatic carbocycles. The van der Waals surface area contributed by atoms with Crippen LogP contribution in [0.5, 0.6) is 11.5 Å². The number of hydrogen-bond acceptors (Lipinski definition) is 4. The Morgan fingerprint density at radius 3 is 2.33 bits per heavy atom. The van der Waals surface area contributed by atoms with Crippen LogP contribution in [0.4, 0.5) is 0 Å². The van der Waals surface area contributed by atoms with E-state index >= 15 is 0 Å². The minimum absolute atomic E-state index is 0.113. The van der Waals surface area contributed by atoms with E-state index in [0.717, 1.165) is 49.4 Å². The maximum absolute atomic E-state index is 11.3. The van der Waals surface area contributed by atoms with Gasteiger partial charge >= 0.3 is 5.97 Å². The zero-order valence-corrected chi connectivity index (χ0v) is 18.6. The van der Waals surface area contributed by atoms with Gasteiger partial charge in [-0.3, -0.25) is 0 Å². The Kier molecular flexibility index (Phi) is 6.31. The number of piperidine rings is 1. The molecular formula is C28H29NO4. The first-order valence-electron chi connectivity index (χ1n) is 11.7. The van der Waals surface area contributed by atoms with Crippen LogP contribution in [0.3, 0.4) is 0 Å². The number of ether oxygens (including phenoxy) is 2. The van der Waals surface area contributed by atoms with Crippen LogP contribution in [0.15, 0.2) is 72.8 Å². The molecule has 2 aliphatic rings. The van der Waals surface area contributed by atoms with Crippen LogP contribution in [0.1, 0.15) is 51.9 Å². The number of nitrogens with one attached hydrogen (secondary N) is 1. The molecule has 5 nitrogen and oxygen atoms in total. The van der Waals surface area contributed by atoms with Crippen LogP contribution >= 0.6 is 0 Å². The second-order valence-corrected chi connectivity index (χ2v) is 8.93. The second kappa shape index (κ2) is 9.67. The van der Waals surface area contributed by atoms with Crippen LogP contribution < -0.4 is 14.8 Å². The lowest BCUT2D eigenvalue weighted by atomic mass is 9.77. The van der Waals surface area contributed by atoms with Crippen molar-refractivity contribution < 1.29 is 19.4 Å². The Morgan fingerprint density at radius 1 is 0.939 bits per heavy atom. The summed E-state index contributed by atoms with van der Waals surface area (Å²) in [6.07, 6.45) is 3.09. The Balaban J connectivity index is 1.33. The Hall–Kier alpha value is -3.31. The van der Waals surface area contributed by atoms with E-state index in [0.29, 0.717) is 24.0 Å². The van der Waals surface area contributed by atoms with Gasteiger partial charge in [0, 0.05) is 0 Å². The first-order valence-corrected chi connectivity index (χ1v) is 11.7. The minimum atomic E-state index is -0.882. The molecule has 0 bridgehead atoms. The molecule has 3 aromatic rings. The molecule has 5 heteroatoms. The number of benzene rings is 3. The molecule has 0 saturated carbocycles. The third-order valence-electron chi connectivity index (χ3n) is 6.85. The van der Waals surface area contributed by atoms with Gasteiger partial charge in [-0.25, -0.2) is 4.79 Å². The molecule has 2 unspecified atom stereocenters. The highest BCUT2D eigenvalue weighted by molar-refractivity contribution is 5.87. The van der Waals surface area contributed by atoms with Gasteiger partial charge in [-0.1, -0.05) is 48.5 Å². The van der Waals surface area contributed by atoms with Gasteiger partial charge in [0.05, 0.1) is 5.56 Å². The first kappa shape index (κ1) is 21.5. The highest BCUT2D eigenvalue weighted by Crippen LogP contribution is 2.37. The van der Waals surface area contributed by atoms with Crippen molar-refractivity contribution in [3.63, 3.8) is 0 Å². The number of hydrogen-bond donors (Lipinski definition) is 2. The van der Waals surface area contributed by atoms with Gasteiger partial charge < -0.3 is 19.9 Å². The van der Waals surface area contributed by atoms with Gasteiger partial charge in [-0.05, 0) is 85.1 Å². The Morgan fingerprint density at radius 2 is 1.64 bits per heavy atom. The molecule has 1 saturated heterocycles. The summed E-state index contributed by atoms with van der Waals surface area (Å²) >= 11 is 0. The summed E-state index contributed by atoms with van der Waals surface area (Å²) in [5, 5.41) is 12.7. The van der Waals surface area contributed by atoms with Crippen LogP contribution in [-0.2, 0) is 6.42 Å². The molecule has 0 radical (unpaired) electrons. The van der Waals surface area contributed by atoms with Crippen molar-refractivity contribution in [2.45, 2.75) is 31.3 Å². The number of rotatable bonds is 6. The fraction of sp³-hybridized carbons (Fsp3) is 0.321. The van der Waals surface area contributed by atoms with Crippen molar-refractivity contribution in [3.05, 3.63) is 95.1 Å². The molecule has 2 N–H and O–H groups in total. The summed E-state index contributed by atoms with van der Waals surface area (Å²) in [6.45, 7) is 2.57. The smallest absolute Gasteiger partial charge is 0.335 e. The predicted molar refractivity (Wildman–Crippen MR) is 127 cm³/mol. The zero-order valence-electron chi connectivity index (χ0n) is 18.6. The van der Waals surface area contributed by atoms with Crippen LogP contribution in [0, 0.1) is 5.92 Å². The number of carboxylic acid groups (broad SMARTS) is 1. The van der Waals surface area contributed by atoms with Gasteiger partial charge in [0.25, 0.3) is 0 Å². The zero-order chi connectivity index (χ0) is 22.6. The van der Waals surface area contributed by atoms with Gasteiger partial charge in [0.15, 0.2) is 17.6 Å². The van der Waals surface area contributed by atoms with E-state index in [9.17, 15) is 9.90 Å². The highest BCUT2D eigenvalue weighted by Gasteiger charge is 2.26. The van der Waals surface area contributed by atoms with E-state index in [1.54, 1.807) is 12.1 Å². The van der Waals surface area contributed by atoms with Gasteiger partial charge in [0.2, 0.25) is 0 Å². The molecule has 170 valence electrons. The number of para-hydroxylation sites is 2. The number of carbonyl (C=O) groups is 1. The van der Waals surface area contributed by atoms with Crippen LogP contribution in [0.2, 0.25) is 0 Å². The fourth-order valence-corrected chi connectivity index (χ4v) is 4.98. The largest absolute Gasteiger partial charge is 0.485 e. The van der Waals surface area contributed by atoms with E-state index in [-0.39, 0.29) is 6.10 Å².